The van der Waals surface area contributed by atoms with Gasteiger partial charge in [0.2, 0.25) is 5.96 Å². The Kier molecular flexibility index (Phi) is 3.42. The lowest BCUT2D eigenvalue weighted by atomic mass is 10.1. The van der Waals surface area contributed by atoms with Gasteiger partial charge in [0, 0.05) is 19.1 Å². The van der Waals surface area contributed by atoms with Gasteiger partial charge in [-0.15, -0.1) is 0 Å². The maximum absolute atomic E-state index is 10.9. The lowest BCUT2D eigenvalue weighted by molar-refractivity contribution is -0.135. The Hall–Kier alpha value is -1.43. The van der Waals surface area contributed by atoms with Gasteiger partial charge in [0.15, 0.2) is 0 Å². The average Bonchev–Trinajstić information content (AvgIpc) is 2.84. The summed E-state index contributed by atoms with van der Waals surface area (Å²) in [7, 11) is 0. The minimum Gasteiger partial charge on any atom is -0.301 e. The third-order valence-corrected chi connectivity index (χ3v) is 3.23. The second-order valence-corrected chi connectivity index (χ2v) is 4.84. The van der Waals surface area contributed by atoms with Crippen molar-refractivity contribution in [2.24, 2.45) is 10.9 Å². The van der Waals surface area contributed by atoms with Crippen molar-refractivity contribution < 1.29 is 9.59 Å². The zero-order valence-electron chi connectivity index (χ0n) is 10.2. The van der Waals surface area contributed by atoms with Crippen LogP contribution in [-0.2, 0) is 9.59 Å². The van der Waals surface area contributed by atoms with Crippen molar-refractivity contribution in [2.75, 3.05) is 19.6 Å². The highest BCUT2D eigenvalue weighted by Gasteiger charge is 2.27. The van der Waals surface area contributed by atoms with Crippen LogP contribution in [0.25, 0.3) is 0 Å². The molecular weight excluding hydrogens is 220 g/mol. The molecule has 0 saturated carbocycles. The molecule has 1 unspecified atom stereocenters. The molecular formula is C11H18N4O2. The van der Waals surface area contributed by atoms with Crippen LogP contribution in [0.2, 0.25) is 0 Å². The highest BCUT2D eigenvalue weighted by Crippen LogP contribution is 2.18. The van der Waals surface area contributed by atoms with Crippen LogP contribution >= 0.6 is 0 Å². The number of hydrogen-bond acceptors (Lipinski definition) is 4. The number of rotatable bonds is 3. The normalized spacial score (nSPS) is 25.4. The monoisotopic (exact) mass is 238 g/mol. The molecule has 0 aromatic heterocycles. The molecule has 2 aliphatic rings. The number of carbonyl (C=O) groups excluding carboxylic acids is 2. The molecule has 2 fully saturated rings. The summed E-state index contributed by atoms with van der Waals surface area (Å²) in [5.74, 6) is -0.444. The summed E-state index contributed by atoms with van der Waals surface area (Å²) in [6.07, 6.45) is 1.12. The van der Waals surface area contributed by atoms with E-state index in [1.807, 2.05) is 0 Å². The molecule has 2 N–H and O–H groups in total. The van der Waals surface area contributed by atoms with Gasteiger partial charge in [-0.1, -0.05) is 0 Å². The van der Waals surface area contributed by atoms with E-state index in [9.17, 15) is 9.59 Å². The summed E-state index contributed by atoms with van der Waals surface area (Å²) in [5.41, 5.74) is 0. The van der Waals surface area contributed by atoms with E-state index in [-0.39, 0.29) is 0 Å². The number of carbonyl (C=O) groups is 2. The molecule has 94 valence electrons. The fourth-order valence-electron chi connectivity index (χ4n) is 2.14. The van der Waals surface area contributed by atoms with Crippen LogP contribution in [0.15, 0.2) is 4.99 Å². The lowest BCUT2D eigenvalue weighted by Crippen LogP contribution is -2.29. The van der Waals surface area contributed by atoms with E-state index in [0.717, 1.165) is 19.5 Å². The number of nitrogens with one attached hydrogen (secondary N) is 2. The van der Waals surface area contributed by atoms with Gasteiger partial charge >= 0.3 is 11.8 Å². The van der Waals surface area contributed by atoms with Crippen LogP contribution in [0.3, 0.4) is 0 Å². The van der Waals surface area contributed by atoms with Crippen LogP contribution < -0.4 is 10.6 Å². The van der Waals surface area contributed by atoms with Crippen LogP contribution in [0.5, 0.6) is 0 Å². The van der Waals surface area contributed by atoms with E-state index in [0.29, 0.717) is 24.5 Å². The van der Waals surface area contributed by atoms with Crippen LogP contribution in [-0.4, -0.2) is 48.3 Å². The summed E-state index contributed by atoms with van der Waals surface area (Å²) in [6.45, 7) is 7.17. The third kappa shape index (κ3) is 2.82. The SMILES string of the molecule is CC(C)N1CCC(CN=C2NC(=O)C(=O)N2)C1. The molecule has 6 nitrogen and oxygen atoms in total. The maximum atomic E-state index is 10.9. The van der Waals surface area contributed by atoms with Crippen molar-refractivity contribution in [3.63, 3.8) is 0 Å². The van der Waals surface area contributed by atoms with E-state index in [1.165, 1.54) is 0 Å². The van der Waals surface area contributed by atoms with E-state index >= 15 is 0 Å². The average molecular weight is 238 g/mol. The minimum absolute atomic E-state index is 0.294. The zero-order chi connectivity index (χ0) is 12.4. The highest BCUT2D eigenvalue weighted by atomic mass is 16.2. The summed E-state index contributed by atoms with van der Waals surface area (Å²) in [4.78, 5) is 28.5. The zero-order valence-corrected chi connectivity index (χ0v) is 10.2. The second-order valence-electron chi connectivity index (χ2n) is 4.84. The summed E-state index contributed by atoms with van der Waals surface area (Å²) in [6, 6.07) is 0.568. The standard InChI is InChI=1S/C11H18N4O2/c1-7(2)15-4-3-8(6-15)5-12-11-13-9(16)10(17)14-11/h7-8H,3-6H2,1-2H3,(H2,12,13,14,16,17). The Labute approximate surface area is 100 Å². The number of guanidine groups is 1. The fraction of sp³-hybridized carbons (Fsp3) is 0.727. The van der Waals surface area contributed by atoms with Crippen LogP contribution in [0, 0.1) is 5.92 Å². The van der Waals surface area contributed by atoms with Crippen molar-refractivity contribution in [1.82, 2.24) is 15.5 Å². The maximum Gasteiger partial charge on any atom is 0.316 e. The van der Waals surface area contributed by atoms with Crippen molar-refractivity contribution in [3.05, 3.63) is 0 Å². The van der Waals surface area contributed by atoms with Crippen molar-refractivity contribution in [3.8, 4) is 0 Å². The van der Waals surface area contributed by atoms with Gasteiger partial charge in [0.1, 0.15) is 0 Å². The summed E-state index contributed by atoms with van der Waals surface area (Å²) < 4.78 is 0. The first kappa shape index (κ1) is 12.0. The molecule has 2 rings (SSSR count). The first-order valence-corrected chi connectivity index (χ1v) is 5.97. The van der Waals surface area contributed by atoms with E-state index in [4.69, 9.17) is 0 Å². The van der Waals surface area contributed by atoms with E-state index < -0.39 is 11.8 Å². The topological polar surface area (TPSA) is 73.8 Å². The lowest BCUT2D eigenvalue weighted by Gasteiger charge is -2.19. The van der Waals surface area contributed by atoms with Gasteiger partial charge in [-0.3, -0.25) is 25.2 Å². The molecule has 0 aromatic rings. The number of amides is 2. The van der Waals surface area contributed by atoms with Gasteiger partial charge in [0.05, 0.1) is 0 Å². The fourth-order valence-corrected chi connectivity index (χ4v) is 2.14. The van der Waals surface area contributed by atoms with Gasteiger partial charge in [-0.05, 0) is 32.7 Å². The quantitative estimate of drug-likeness (QED) is 0.640. The predicted octanol–water partition coefficient (Wildman–Crippen LogP) is -0.681. The van der Waals surface area contributed by atoms with E-state index in [1.54, 1.807) is 0 Å². The molecule has 1 atom stereocenters. The molecule has 2 saturated heterocycles. The Morgan fingerprint density at radius 2 is 2.00 bits per heavy atom. The molecule has 0 bridgehead atoms. The molecule has 2 aliphatic heterocycles. The molecule has 0 radical (unpaired) electrons. The summed E-state index contributed by atoms with van der Waals surface area (Å²) in [5, 5.41) is 4.80. The highest BCUT2D eigenvalue weighted by molar-refractivity contribution is 6.45. The molecule has 2 heterocycles. The Bertz CT molecular complexity index is 346. The first-order valence-electron chi connectivity index (χ1n) is 5.97. The Morgan fingerprint density at radius 3 is 2.53 bits per heavy atom. The molecule has 17 heavy (non-hydrogen) atoms. The van der Waals surface area contributed by atoms with Crippen molar-refractivity contribution in [2.45, 2.75) is 26.3 Å². The van der Waals surface area contributed by atoms with Crippen LogP contribution in [0.1, 0.15) is 20.3 Å². The van der Waals surface area contributed by atoms with Crippen LogP contribution in [0.4, 0.5) is 0 Å². The number of likely N-dealkylation sites (tertiary alicyclic amines) is 1. The predicted molar refractivity (Wildman–Crippen MR) is 63.4 cm³/mol. The van der Waals surface area contributed by atoms with Gasteiger partial charge < -0.3 is 4.90 Å². The van der Waals surface area contributed by atoms with Gasteiger partial charge in [-0.2, -0.15) is 0 Å². The largest absolute Gasteiger partial charge is 0.316 e. The molecule has 0 aliphatic carbocycles. The van der Waals surface area contributed by atoms with Crippen molar-refractivity contribution >= 4 is 17.8 Å². The number of aliphatic imine (C=N–C) groups is 1. The third-order valence-electron chi connectivity index (χ3n) is 3.23. The molecule has 2 amide bonds. The Morgan fingerprint density at radius 1 is 1.35 bits per heavy atom. The van der Waals surface area contributed by atoms with Crippen molar-refractivity contribution in [1.29, 1.82) is 0 Å². The Balaban J connectivity index is 1.82. The van der Waals surface area contributed by atoms with E-state index in [2.05, 4.69) is 34.4 Å². The minimum atomic E-state index is -0.626. The van der Waals surface area contributed by atoms with Gasteiger partial charge in [-0.25, -0.2) is 0 Å². The number of hydrogen-bond donors (Lipinski definition) is 2. The second kappa shape index (κ2) is 4.83. The molecule has 0 aromatic carbocycles. The first-order chi connectivity index (χ1) is 8.06. The summed E-state index contributed by atoms with van der Waals surface area (Å²) >= 11 is 0. The molecule has 0 spiro atoms. The number of nitrogens with zero attached hydrogens (tertiary/aromatic N) is 2. The smallest absolute Gasteiger partial charge is 0.301 e. The van der Waals surface area contributed by atoms with Gasteiger partial charge in [0.25, 0.3) is 0 Å². The molecule has 6 heteroatoms.